The van der Waals surface area contributed by atoms with E-state index in [1.165, 1.54) is 0 Å². The van der Waals surface area contributed by atoms with Crippen LogP contribution in [0.15, 0.2) is 41.3 Å². The van der Waals surface area contributed by atoms with Crippen molar-refractivity contribution in [2.75, 3.05) is 5.32 Å². The van der Waals surface area contributed by atoms with Crippen LogP contribution in [-0.2, 0) is 34.2 Å². The Hall–Kier alpha value is -2.34. The molecule has 1 aliphatic heterocycles. The number of anilines is 1. The van der Waals surface area contributed by atoms with Gasteiger partial charge in [0.2, 0.25) is 5.91 Å². The van der Waals surface area contributed by atoms with Crippen molar-refractivity contribution in [3.8, 4) is 5.75 Å². The first-order valence-corrected chi connectivity index (χ1v) is 9.83. The standard InChI is InChI=1S/C19H21NO4S/c1-3-13-6-5-7-14(4-2)19(13)25(22,23)24-16-9-10-17-15(12-16)8-11-18(21)20-17/h5-7,9-10,12H,3-4,8,11H2,1-2H3,(H,20,21). The fourth-order valence-electron chi connectivity index (χ4n) is 3.10. The van der Waals surface area contributed by atoms with Crippen LogP contribution in [-0.4, -0.2) is 14.3 Å². The van der Waals surface area contributed by atoms with Crippen molar-refractivity contribution < 1.29 is 17.4 Å². The number of carbonyl (C=O) groups is 1. The van der Waals surface area contributed by atoms with Gasteiger partial charge in [-0.3, -0.25) is 4.79 Å². The van der Waals surface area contributed by atoms with Crippen LogP contribution in [0.2, 0.25) is 0 Å². The fourth-order valence-corrected chi connectivity index (χ4v) is 4.60. The van der Waals surface area contributed by atoms with Crippen LogP contribution in [0.3, 0.4) is 0 Å². The van der Waals surface area contributed by atoms with E-state index in [2.05, 4.69) is 5.32 Å². The van der Waals surface area contributed by atoms with Gasteiger partial charge in [0.25, 0.3) is 0 Å². The van der Waals surface area contributed by atoms with Gasteiger partial charge < -0.3 is 9.50 Å². The third-order valence-electron chi connectivity index (χ3n) is 4.37. The Morgan fingerprint density at radius 2 is 1.72 bits per heavy atom. The summed E-state index contributed by atoms with van der Waals surface area (Å²) >= 11 is 0. The molecule has 0 fully saturated rings. The van der Waals surface area contributed by atoms with Gasteiger partial charge in [-0.15, -0.1) is 0 Å². The second-order valence-electron chi connectivity index (χ2n) is 6.02. The van der Waals surface area contributed by atoms with Gasteiger partial charge >= 0.3 is 10.1 Å². The molecule has 0 atom stereocenters. The summed E-state index contributed by atoms with van der Waals surface area (Å²) < 4.78 is 31.2. The predicted molar refractivity (Wildman–Crippen MR) is 96.4 cm³/mol. The molecule has 1 aliphatic rings. The highest BCUT2D eigenvalue weighted by atomic mass is 32.2. The molecular formula is C19H21NO4S. The Kier molecular flexibility index (Phi) is 4.81. The molecule has 0 unspecified atom stereocenters. The fraction of sp³-hybridized carbons (Fsp3) is 0.316. The van der Waals surface area contributed by atoms with Gasteiger partial charge in [-0.2, -0.15) is 8.42 Å². The van der Waals surface area contributed by atoms with Gasteiger partial charge in [-0.25, -0.2) is 0 Å². The summed E-state index contributed by atoms with van der Waals surface area (Å²) in [6, 6.07) is 10.5. The number of nitrogens with one attached hydrogen (secondary N) is 1. The van der Waals surface area contributed by atoms with Crippen LogP contribution in [0, 0.1) is 0 Å². The van der Waals surface area contributed by atoms with Gasteiger partial charge in [-0.05, 0) is 54.2 Å². The topological polar surface area (TPSA) is 72.5 Å². The molecule has 0 saturated heterocycles. The number of amides is 1. The van der Waals surface area contributed by atoms with Gasteiger partial charge in [-0.1, -0.05) is 32.0 Å². The minimum Gasteiger partial charge on any atom is -0.379 e. The molecule has 5 nitrogen and oxygen atoms in total. The van der Waals surface area contributed by atoms with E-state index in [1.807, 2.05) is 32.0 Å². The molecule has 1 N–H and O–H groups in total. The Morgan fingerprint density at radius 3 is 2.36 bits per heavy atom. The zero-order chi connectivity index (χ0) is 18.0. The maximum absolute atomic E-state index is 12.9. The predicted octanol–water partition coefficient (Wildman–Crippen LogP) is 3.46. The molecule has 1 amide bonds. The quantitative estimate of drug-likeness (QED) is 0.830. The largest absolute Gasteiger partial charge is 0.379 e. The van der Waals surface area contributed by atoms with Crippen molar-refractivity contribution >= 4 is 21.7 Å². The summed E-state index contributed by atoms with van der Waals surface area (Å²) in [6.45, 7) is 3.85. The molecule has 25 heavy (non-hydrogen) atoms. The van der Waals surface area contributed by atoms with Gasteiger partial charge in [0.1, 0.15) is 10.6 Å². The molecule has 0 radical (unpaired) electrons. The number of carbonyl (C=O) groups excluding carboxylic acids is 1. The number of hydrogen-bond acceptors (Lipinski definition) is 4. The van der Waals surface area contributed by atoms with E-state index in [4.69, 9.17) is 4.18 Å². The maximum atomic E-state index is 12.9. The summed E-state index contributed by atoms with van der Waals surface area (Å²) in [7, 11) is -3.92. The lowest BCUT2D eigenvalue weighted by molar-refractivity contribution is -0.116. The summed E-state index contributed by atoms with van der Waals surface area (Å²) in [6.07, 6.45) is 2.19. The van der Waals surface area contributed by atoms with Crippen LogP contribution in [0.1, 0.15) is 37.0 Å². The summed E-state index contributed by atoms with van der Waals surface area (Å²) in [5.41, 5.74) is 3.10. The van der Waals surface area contributed by atoms with E-state index in [9.17, 15) is 13.2 Å². The van der Waals surface area contributed by atoms with Gasteiger partial charge in [0.05, 0.1) is 0 Å². The molecule has 2 aromatic carbocycles. The van der Waals surface area contributed by atoms with Crippen molar-refractivity contribution in [1.82, 2.24) is 0 Å². The highest BCUT2D eigenvalue weighted by molar-refractivity contribution is 7.87. The third-order valence-corrected chi connectivity index (χ3v) is 5.80. The summed E-state index contributed by atoms with van der Waals surface area (Å²) in [5, 5.41) is 2.77. The molecule has 0 aliphatic carbocycles. The number of benzene rings is 2. The van der Waals surface area contributed by atoms with Crippen molar-refractivity contribution in [3.05, 3.63) is 53.1 Å². The summed E-state index contributed by atoms with van der Waals surface area (Å²) in [4.78, 5) is 11.7. The zero-order valence-electron chi connectivity index (χ0n) is 14.3. The first kappa shape index (κ1) is 17.5. The number of rotatable bonds is 5. The van der Waals surface area contributed by atoms with E-state index >= 15 is 0 Å². The first-order chi connectivity index (χ1) is 11.9. The first-order valence-electron chi connectivity index (χ1n) is 8.42. The van der Waals surface area contributed by atoms with Crippen molar-refractivity contribution in [1.29, 1.82) is 0 Å². The van der Waals surface area contributed by atoms with E-state index < -0.39 is 10.1 Å². The second-order valence-corrected chi connectivity index (χ2v) is 7.50. The van der Waals surface area contributed by atoms with Crippen molar-refractivity contribution in [2.45, 2.75) is 44.4 Å². The SMILES string of the molecule is CCc1cccc(CC)c1S(=O)(=O)Oc1ccc2c(c1)CCC(=O)N2. The maximum Gasteiger partial charge on any atom is 0.339 e. The average molecular weight is 359 g/mol. The molecule has 0 bridgehead atoms. The lowest BCUT2D eigenvalue weighted by atomic mass is 10.0. The number of hydrogen-bond donors (Lipinski definition) is 1. The molecule has 6 heteroatoms. The van der Waals surface area contributed by atoms with Crippen LogP contribution in [0.25, 0.3) is 0 Å². The lowest BCUT2D eigenvalue weighted by Crippen LogP contribution is -2.19. The molecule has 0 aromatic heterocycles. The van der Waals surface area contributed by atoms with Crippen LogP contribution >= 0.6 is 0 Å². The molecule has 3 rings (SSSR count). The van der Waals surface area contributed by atoms with Crippen molar-refractivity contribution in [3.63, 3.8) is 0 Å². The van der Waals surface area contributed by atoms with Crippen LogP contribution in [0.5, 0.6) is 5.75 Å². The minimum atomic E-state index is -3.92. The Bertz CT molecular complexity index is 897. The molecule has 0 saturated carbocycles. The second kappa shape index (κ2) is 6.88. The van der Waals surface area contributed by atoms with E-state index in [-0.39, 0.29) is 16.6 Å². The molecule has 0 spiro atoms. The van der Waals surface area contributed by atoms with E-state index in [0.717, 1.165) is 16.7 Å². The van der Waals surface area contributed by atoms with E-state index in [1.54, 1.807) is 18.2 Å². The van der Waals surface area contributed by atoms with Gasteiger partial charge in [0, 0.05) is 12.1 Å². The van der Waals surface area contributed by atoms with Gasteiger partial charge in [0.15, 0.2) is 0 Å². The number of fused-ring (bicyclic) bond motifs is 1. The monoisotopic (exact) mass is 359 g/mol. The Morgan fingerprint density at radius 1 is 1.04 bits per heavy atom. The summed E-state index contributed by atoms with van der Waals surface area (Å²) in [5.74, 6) is 0.237. The van der Waals surface area contributed by atoms with Crippen LogP contribution in [0.4, 0.5) is 5.69 Å². The van der Waals surface area contributed by atoms with E-state index in [0.29, 0.717) is 31.4 Å². The molecule has 132 valence electrons. The Labute approximate surface area is 148 Å². The molecule has 2 aromatic rings. The minimum absolute atomic E-state index is 0.0294. The molecule has 1 heterocycles. The highest BCUT2D eigenvalue weighted by Gasteiger charge is 2.24. The van der Waals surface area contributed by atoms with Crippen molar-refractivity contribution in [2.24, 2.45) is 0 Å². The average Bonchev–Trinajstić information content (AvgIpc) is 2.60. The highest BCUT2D eigenvalue weighted by Crippen LogP contribution is 2.30. The normalized spacial score (nSPS) is 13.9. The number of aryl methyl sites for hydroxylation is 3. The lowest BCUT2D eigenvalue weighted by Gasteiger charge is -2.18. The Balaban J connectivity index is 1.97. The van der Waals surface area contributed by atoms with Crippen LogP contribution < -0.4 is 9.50 Å². The smallest absolute Gasteiger partial charge is 0.339 e. The third kappa shape index (κ3) is 3.54. The zero-order valence-corrected chi connectivity index (χ0v) is 15.2. The molecular weight excluding hydrogens is 338 g/mol.